The van der Waals surface area contributed by atoms with Gasteiger partial charge in [-0.3, -0.25) is 4.79 Å². The van der Waals surface area contributed by atoms with Crippen LogP contribution < -0.4 is 0 Å². The lowest BCUT2D eigenvalue weighted by molar-refractivity contribution is -0.159. The van der Waals surface area contributed by atoms with Crippen molar-refractivity contribution in [2.24, 2.45) is 17.8 Å². The number of rotatable bonds is 7. The number of methoxy groups -OCH3 is 2. The molecule has 0 bridgehead atoms. The molecular formula is C12H22O3. The number of ketones is 1. The molecule has 0 aromatic rings. The summed E-state index contributed by atoms with van der Waals surface area (Å²) in [5.74, 6) is 1.01. The van der Waals surface area contributed by atoms with Gasteiger partial charge in [-0.25, -0.2) is 0 Å². The first-order valence-corrected chi connectivity index (χ1v) is 5.69. The van der Waals surface area contributed by atoms with Crippen LogP contribution in [0.1, 0.15) is 33.1 Å². The van der Waals surface area contributed by atoms with Crippen molar-refractivity contribution in [3.05, 3.63) is 0 Å². The number of ether oxygens (including phenoxy) is 2. The molecule has 15 heavy (non-hydrogen) atoms. The molecule has 1 aliphatic carbocycles. The standard InChI is InChI=1S/C12H22O3/c1-8(2)7-10(12(14-3)15-4)11(13)9-5-6-9/h8-10,12H,5-7H2,1-4H3. The second kappa shape index (κ2) is 5.61. The van der Waals surface area contributed by atoms with E-state index in [0.717, 1.165) is 19.3 Å². The van der Waals surface area contributed by atoms with Gasteiger partial charge in [0.25, 0.3) is 0 Å². The van der Waals surface area contributed by atoms with Crippen LogP contribution in [0.5, 0.6) is 0 Å². The minimum atomic E-state index is -0.375. The molecule has 88 valence electrons. The van der Waals surface area contributed by atoms with Crippen LogP contribution in [0.25, 0.3) is 0 Å². The predicted octanol–water partition coefficient (Wildman–Crippen LogP) is 2.25. The third-order valence-corrected chi connectivity index (χ3v) is 2.86. The van der Waals surface area contributed by atoms with E-state index < -0.39 is 0 Å². The molecule has 0 heterocycles. The zero-order valence-electron chi connectivity index (χ0n) is 10.2. The summed E-state index contributed by atoms with van der Waals surface area (Å²) in [6.07, 6.45) is 2.57. The molecule has 3 nitrogen and oxygen atoms in total. The Bertz CT molecular complexity index is 205. The molecule has 0 radical (unpaired) electrons. The molecule has 0 aromatic carbocycles. The van der Waals surface area contributed by atoms with Crippen molar-refractivity contribution in [3.63, 3.8) is 0 Å². The Morgan fingerprint density at radius 1 is 1.27 bits per heavy atom. The van der Waals surface area contributed by atoms with Crippen LogP contribution >= 0.6 is 0 Å². The molecule has 1 atom stereocenters. The molecule has 1 unspecified atom stereocenters. The quantitative estimate of drug-likeness (QED) is 0.610. The van der Waals surface area contributed by atoms with Crippen molar-refractivity contribution in [1.29, 1.82) is 0 Å². The molecule has 1 aliphatic rings. The number of carbonyl (C=O) groups is 1. The zero-order chi connectivity index (χ0) is 11.4. The van der Waals surface area contributed by atoms with Crippen molar-refractivity contribution < 1.29 is 14.3 Å². The minimum Gasteiger partial charge on any atom is -0.355 e. The largest absolute Gasteiger partial charge is 0.355 e. The molecule has 0 spiro atoms. The van der Waals surface area contributed by atoms with Crippen molar-refractivity contribution in [3.8, 4) is 0 Å². The molecule has 0 amide bonds. The topological polar surface area (TPSA) is 35.5 Å². The monoisotopic (exact) mass is 214 g/mol. The summed E-state index contributed by atoms with van der Waals surface area (Å²) in [6, 6.07) is 0. The van der Waals surface area contributed by atoms with E-state index in [2.05, 4.69) is 13.8 Å². The van der Waals surface area contributed by atoms with Crippen LogP contribution in [0.15, 0.2) is 0 Å². The van der Waals surface area contributed by atoms with Crippen LogP contribution in [0.2, 0.25) is 0 Å². The number of carbonyl (C=O) groups excluding carboxylic acids is 1. The second-order valence-corrected chi connectivity index (χ2v) is 4.75. The van der Waals surface area contributed by atoms with Crippen molar-refractivity contribution in [1.82, 2.24) is 0 Å². The van der Waals surface area contributed by atoms with Gasteiger partial charge in [-0.1, -0.05) is 13.8 Å². The van der Waals surface area contributed by atoms with Gasteiger partial charge in [0.2, 0.25) is 0 Å². The number of Topliss-reactive ketones (excluding diaryl/α,β-unsaturated/α-hetero) is 1. The van der Waals surface area contributed by atoms with E-state index in [-0.39, 0.29) is 18.1 Å². The summed E-state index contributed by atoms with van der Waals surface area (Å²) in [4.78, 5) is 12.0. The zero-order valence-corrected chi connectivity index (χ0v) is 10.2. The van der Waals surface area contributed by atoms with Gasteiger partial charge in [-0.05, 0) is 25.2 Å². The maximum atomic E-state index is 12.0. The van der Waals surface area contributed by atoms with E-state index in [1.54, 1.807) is 14.2 Å². The van der Waals surface area contributed by atoms with Crippen molar-refractivity contribution >= 4 is 5.78 Å². The van der Waals surface area contributed by atoms with Gasteiger partial charge in [0.15, 0.2) is 6.29 Å². The Morgan fingerprint density at radius 3 is 2.13 bits per heavy atom. The van der Waals surface area contributed by atoms with Gasteiger partial charge >= 0.3 is 0 Å². The summed E-state index contributed by atoms with van der Waals surface area (Å²) in [5.41, 5.74) is 0. The van der Waals surface area contributed by atoms with E-state index in [4.69, 9.17) is 9.47 Å². The van der Waals surface area contributed by atoms with Gasteiger partial charge in [-0.2, -0.15) is 0 Å². The van der Waals surface area contributed by atoms with E-state index in [9.17, 15) is 4.79 Å². The van der Waals surface area contributed by atoms with Gasteiger partial charge in [0.05, 0.1) is 5.92 Å². The first kappa shape index (κ1) is 12.7. The summed E-state index contributed by atoms with van der Waals surface area (Å²) < 4.78 is 10.4. The van der Waals surface area contributed by atoms with Crippen LogP contribution in [0.4, 0.5) is 0 Å². The molecule has 0 aliphatic heterocycles. The van der Waals surface area contributed by atoms with Gasteiger partial charge in [-0.15, -0.1) is 0 Å². The fraction of sp³-hybridized carbons (Fsp3) is 0.917. The normalized spacial score (nSPS) is 18.5. The smallest absolute Gasteiger partial charge is 0.166 e. The SMILES string of the molecule is COC(OC)C(CC(C)C)C(=O)C1CC1. The Hall–Kier alpha value is -0.410. The number of hydrogen-bond donors (Lipinski definition) is 0. The molecular weight excluding hydrogens is 192 g/mol. The van der Waals surface area contributed by atoms with E-state index in [1.807, 2.05) is 0 Å². The Morgan fingerprint density at radius 2 is 1.80 bits per heavy atom. The van der Waals surface area contributed by atoms with Crippen molar-refractivity contribution in [2.45, 2.75) is 39.4 Å². The Kier molecular flexibility index (Phi) is 4.74. The highest BCUT2D eigenvalue weighted by atomic mass is 16.7. The maximum absolute atomic E-state index is 12.0. The Balaban J connectivity index is 2.61. The van der Waals surface area contributed by atoms with Gasteiger partial charge < -0.3 is 9.47 Å². The minimum absolute atomic E-state index is 0.0903. The first-order chi connectivity index (χ1) is 7.10. The van der Waals surface area contributed by atoms with E-state index in [0.29, 0.717) is 11.7 Å². The fourth-order valence-electron chi connectivity index (χ4n) is 1.96. The van der Waals surface area contributed by atoms with Gasteiger partial charge in [0, 0.05) is 20.1 Å². The maximum Gasteiger partial charge on any atom is 0.166 e. The lowest BCUT2D eigenvalue weighted by atomic mass is 9.90. The third kappa shape index (κ3) is 3.58. The Labute approximate surface area is 92.1 Å². The van der Waals surface area contributed by atoms with Crippen LogP contribution in [0, 0.1) is 17.8 Å². The molecule has 0 saturated heterocycles. The van der Waals surface area contributed by atoms with Crippen LogP contribution in [-0.4, -0.2) is 26.3 Å². The summed E-state index contributed by atoms with van der Waals surface area (Å²) in [6.45, 7) is 4.24. The predicted molar refractivity (Wildman–Crippen MR) is 58.5 cm³/mol. The van der Waals surface area contributed by atoms with Crippen molar-refractivity contribution in [2.75, 3.05) is 14.2 Å². The lowest BCUT2D eigenvalue weighted by Gasteiger charge is -2.25. The lowest BCUT2D eigenvalue weighted by Crippen LogP contribution is -2.33. The molecule has 0 aromatic heterocycles. The van der Waals surface area contributed by atoms with Crippen LogP contribution in [0.3, 0.4) is 0 Å². The van der Waals surface area contributed by atoms with E-state index >= 15 is 0 Å². The molecule has 1 rings (SSSR count). The van der Waals surface area contributed by atoms with Crippen LogP contribution in [-0.2, 0) is 14.3 Å². The summed E-state index contributed by atoms with van der Waals surface area (Å²) in [5, 5.41) is 0. The van der Waals surface area contributed by atoms with Gasteiger partial charge in [0.1, 0.15) is 5.78 Å². The third-order valence-electron chi connectivity index (χ3n) is 2.86. The highest BCUT2D eigenvalue weighted by Crippen LogP contribution is 2.35. The highest BCUT2D eigenvalue weighted by molar-refractivity contribution is 5.85. The highest BCUT2D eigenvalue weighted by Gasteiger charge is 2.38. The average molecular weight is 214 g/mol. The molecule has 1 saturated carbocycles. The second-order valence-electron chi connectivity index (χ2n) is 4.75. The summed E-state index contributed by atoms with van der Waals surface area (Å²) >= 11 is 0. The van der Waals surface area contributed by atoms with E-state index in [1.165, 1.54) is 0 Å². The summed E-state index contributed by atoms with van der Waals surface area (Å²) in [7, 11) is 3.20. The molecule has 1 fully saturated rings. The fourth-order valence-corrected chi connectivity index (χ4v) is 1.96. The molecule has 0 N–H and O–H groups in total. The first-order valence-electron chi connectivity index (χ1n) is 5.69. The average Bonchev–Trinajstić information content (AvgIpc) is 2.99. The number of hydrogen-bond acceptors (Lipinski definition) is 3. The molecule has 3 heteroatoms.